The predicted molar refractivity (Wildman–Crippen MR) is 99.6 cm³/mol. The van der Waals surface area contributed by atoms with E-state index in [1.54, 1.807) is 0 Å². The van der Waals surface area contributed by atoms with Crippen molar-refractivity contribution < 1.29 is 9.53 Å². The van der Waals surface area contributed by atoms with E-state index in [0.29, 0.717) is 24.1 Å². The summed E-state index contributed by atoms with van der Waals surface area (Å²) in [6, 6.07) is 9.52. The lowest BCUT2D eigenvalue weighted by atomic mass is 9.86. The molecule has 1 aromatic heterocycles. The highest BCUT2D eigenvalue weighted by atomic mass is 16.5. The molecule has 1 aliphatic carbocycles. The van der Waals surface area contributed by atoms with Gasteiger partial charge in [0, 0.05) is 12.1 Å². The number of para-hydroxylation sites is 1. The summed E-state index contributed by atoms with van der Waals surface area (Å²) >= 11 is 0. The second kappa shape index (κ2) is 9.12. The Balaban J connectivity index is 1.50. The SMILES string of the molecule is Nc1nc(COC(=O)CCC2CCCCC2)nc(Nc2ccccc2)n1. The zero-order chi connectivity index (χ0) is 18.2. The summed E-state index contributed by atoms with van der Waals surface area (Å²) in [6.07, 6.45) is 7.68. The number of nitrogens with one attached hydrogen (secondary N) is 1. The number of nitrogens with zero attached hydrogens (tertiary/aromatic N) is 3. The maximum Gasteiger partial charge on any atom is 0.306 e. The third-order valence-corrected chi connectivity index (χ3v) is 4.57. The first-order valence-corrected chi connectivity index (χ1v) is 9.17. The van der Waals surface area contributed by atoms with Crippen LogP contribution in [-0.2, 0) is 16.1 Å². The van der Waals surface area contributed by atoms with E-state index in [0.717, 1.165) is 12.1 Å². The van der Waals surface area contributed by atoms with Crippen molar-refractivity contribution in [3.05, 3.63) is 36.2 Å². The number of carbonyl (C=O) groups excluding carboxylic acids is 1. The van der Waals surface area contributed by atoms with Crippen LogP contribution in [0, 0.1) is 5.92 Å². The molecular formula is C19H25N5O2. The predicted octanol–water partition coefficient (Wildman–Crippen LogP) is 3.60. The molecule has 1 heterocycles. The molecule has 0 radical (unpaired) electrons. The van der Waals surface area contributed by atoms with Crippen molar-refractivity contribution in [1.29, 1.82) is 0 Å². The van der Waals surface area contributed by atoms with Gasteiger partial charge in [0.25, 0.3) is 0 Å². The highest BCUT2D eigenvalue weighted by Gasteiger charge is 2.16. The second-order valence-electron chi connectivity index (χ2n) is 6.63. The van der Waals surface area contributed by atoms with Crippen LogP contribution in [0.15, 0.2) is 30.3 Å². The Hall–Kier alpha value is -2.70. The molecule has 3 N–H and O–H groups in total. The Morgan fingerprint density at radius 1 is 1.12 bits per heavy atom. The molecule has 26 heavy (non-hydrogen) atoms. The number of ether oxygens (including phenoxy) is 1. The average Bonchev–Trinajstić information content (AvgIpc) is 2.66. The van der Waals surface area contributed by atoms with Crippen LogP contribution in [0.4, 0.5) is 17.6 Å². The van der Waals surface area contributed by atoms with Crippen molar-refractivity contribution in [2.45, 2.75) is 51.6 Å². The van der Waals surface area contributed by atoms with Gasteiger partial charge in [0.1, 0.15) is 0 Å². The molecule has 1 aromatic carbocycles. The minimum atomic E-state index is -0.216. The molecule has 138 valence electrons. The number of hydrogen-bond donors (Lipinski definition) is 2. The molecule has 0 unspecified atom stereocenters. The third-order valence-electron chi connectivity index (χ3n) is 4.57. The van der Waals surface area contributed by atoms with Crippen LogP contribution >= 0.6 is 0 Å². The first kappa shape index (κ1) is 18.1. The first-order valence-electron chi connectivity index (χ1n) is 9.17. The van der Waals surface area contributed by atoms with Crippen LogP contribution in [0.5, 0.6) is 0 Å². The summed E-state index contributed by atoms with van der Waals surface area (Å²) in [5.41, 5.74) is 6.57. The molecule has 0 atom stereocenters. The maximum atomic E-state index is 12.0. The van der Waals surface area contributed by atoms with Gasteiger partial charge in [0.15, 0.2) is 12.4 Å². The van der Waals surface area contributed by atoms with E-state index < -0.39 is 0 Å². The lowest BCUT2D eigenvalue weighted by Gasteiger charge is -2.20. The van der Waals surface area contributed by atoms with Crippen LogP contribution < -0.4 is 11.1 Å². The molecule has 0 saturated heterocycles. The number of hydrogen-bond acceptors (Lipinski definition) is 7. The number of rotatable bonds is 7. The Labute approximate surface area is 153 Å². The number of esters is 1. The van der Waals surface area contributed by atoms with Crippen LogP contribution in [0.3, 0.4) is 0 Å². The fourth-order valence-electron chi connectivity index (χ4n) is 3.22. The van der Waals surface area contributed by atoms with Gasteiger partial charge in [0.2, 0.25) is 11.9 Å². The molecule has 1 saturated carbocycles. The Morgan fingerprint density at radius 2 is 1.88 bits per heavy atom. The van der Waals surface area contributed by atoms with Crippen LogP contribution in [-0.4, -0.2) is 20.9 Å². The summed E-state index contributed by atoms with van der Waals surface area (Å²) in [5.74, 6) is 1.20. The zero-order valence-corrected chi connectivity index (χ0v) is 14.9. The van der Waals surface area contributed by atoms with Crippen molar-refractivity contribution in [3.63, 3.8) is 0 Å². The fourth-order valence-corrected chi connectivity index (χ4v) is 3.22. The number of nitrogens with two attached hydrogens (primary N) is 1. The van der Waals surface area contributed by atoms with Gasteiger partial charge in [-0.15, -0.1) is 0 Å². The highest BCUT2D eigenvalue weighted by Crippen LogP contribution is 2.27. The molecule has 1 aliphatic rings. The largest absolute Gasteiger partial charge is 0.457 e. The van der Waals surface area contributed by atoms with E-state index in [1.165, 1.54) is 32.1 Å². The van der Waals surface area contributed by atoms with Crippen LogP contribution in [0.2, 0.25) is 0 Å². The van der Waals surface area contributed by atoms with E-state index in [1.807, 2.05) is 30.3 Å². The monoisotopic (exact) mass is 355 g/mol. The third kappa shape index (κ3) is 5.68. The smallest absolute Gasteiger partial charge is 0.306 e. The van der Waals surface area contributed by atoms with Crippen molar-refractivity contribution in [1.82, 2.24) is 15.0 Å². The van der Waals surface area contributed by atoms with Gasteiger partial charge in [-0.05, 0) is 24.5 Å². The highest BCUT2D eigenvalue weighted by molar-refractivity contribution is 5.69. The quantitative estimate of drug-likeness (QED) is 0.731. The van der Waals surface area contributed by atoms with E-state index in [9.17, 15) is 4.79 Å². The van der Waals surface area contributed by atoms with Crippen molar-refractivity contribution in [2.24, 2.45) is 5.92 Å². The molecule has 0 bridgehead atoms. The molecule has 0 amide bonds. The van der Waals surface area contributed by atoms with Gasteiger partial charge >= 0.3 is 5.97 Å². The topological polar surface area (TPSA) is 103 Å². The fraction of sp³-hybridized carbons (Fsp3) is 0.474. The molecule has 2 aromatic rings. The van der Waals surface area contributed by atoms with Gasteiger partial charge in [-0.25, -0.2) is 0 Å². The van der Waals surface area contributed by atoms with Crippen molar-refractivity contribution in [3.8, 4) is 0 Å². The normalized spacial score (nSPS) is 14.8. The number of aromatic nitrogens is 3. The first-order chi connectivity index (χ1) is 12.7. The van der Waals surface area contributed by atoms with E-state index >= 15 is 0 Å². The summed E-state index contributed by atoms with van der Waals surface area (Å²) in [7, 11) is 0. The van der Waals surface area contributed by atoms with E-state index in [2.05, 4.69) is 20.3 Å². The Kier molecular flexibility index (Phi) is 6.35. The summed E-state index contributed by atoms with van der Waals surface area (Å²) < 4.78 is 5.30. The average molecular weight is 355 g/mol. The number of carbonyl (C=O) groups is 1. The molecule has 7 nitrogen and oxygen atoms in total. The number of anilines is 3. The summed E-state index contributed by atoms with van der Waals surface area (Å²) in [6.45, 7) is -0.000308. The summed E-state index contributed by atoms with van der Waals surface area (Å²) in [4.78, 5) is 24.3. The van der Waals surface area contributed by atoms with Crippen LogP contribution in [0.25, 0.3) is 0 Å². The maximum absolute atomic E-state index is 12.0. The second-order valence-corrected chi connectivity index (χ2v) is 6.63. The van der Waals surface area contributed by atoms with Gasteiger partial charge < -0.3 is 15.8 Å². The Bertz CT molecular complexity index is 717. The standard InChI is InChI=1S/C19H25N5O2/c20-18-22-16(23-19(24-18)21-15-9-5-2-6-10-15)13-26-17(25)12-11-14-7-3-1-4-8-14/h2,5-6,9-10,14H,1,3-4,7-8,11-13H2,(H3,20,21,22,23,24). The summed E-state index contributed by atoms with van der Waals surface area (Å²) in [5, 5.41) is 3.06. The van der Waals surface area contributed by atoms with Crippen molar-refractivity contribution >= 4 is 23.6 Å². The van der Waals surface area contributed by atoms with Crippen LogP contribution in [0.1, 0.15) is 50.8 Å². The molecule has 7 heteroatoms. The van der Waals surface area contributed by atoms with Gasteiger partial charge in [-0.2, -0.15) is 15.0 Å². The van der Waals surface area contributed by atoms with E-state index in [-0.39, 0.29) is 18.5 Å². The zero-order valence-electron chi connectivity index (χ0n) is 14.9. The van der Waals surface area contributed by atoms with Gasteiger partial charge in [0.05, 0.1) is 0 Å². The number of nitrogen functional groups attached to an aromatic ring is 1. The lowest BCUT2D eigenvalue weighted by Crippen LogP contribution is -2.13. The molecule has 1 fully saturated rings. The minimum Gasteiger partial charge on any atom is -0.457 e. The minimum absolute atomic E-state index is 0.000308. The number of benzene rings is 1. The molecular weight excluding hydrogens is 330 g/mol. The van der Waals surface area contributed by atoms with Gasteiger partial charge in [-0.1, -0.05) is 50.3 Å². The molecule has 0 aliphatic heterocycles. The molecule has 0 spiro atoms. The lowest BCUT2D eigenvalue weighted by molar-refractivity contribution is -0.145. The van der Waals surface area contributed by atoms with Crippen molar-refractivity contribution in [2.75, 3.05) is 11.1 Å². The Morgan fingerprint density at radius 3 is 2.65 bits per heavy atom. The molecule has 3 rings (SSSR count). The van der Waals surface area contributed by atoms with Gasteiger partial charge in [-0.3, -0.25) is 4.79 Å². The van der Waals surface area contributed by atoms with E-state index in [4.69, 9.17) is 10.5 Å².